The lowest BCUT2D eigenvalue weighted by Crippen LogP contribution is -1.99. The van der Waals surface area contributed by atoms with Crippen LogP contribution in [0.2, 0.25) is 10.0 Å². The standard InChI is InChI=1S/C11H6Cl2N2O/c12-7-1-5-3-9-10(15-11(16)14-9)4-6(5)2-8(7)13/h1-4H,(H2,14,15,16). The molecule has 1 aromatic heterocycles. The quantitative estimate of drug-likeness (QED) is 0.634. The Morgan fingerprint density at radius 1 is 0.812 bits per heavy atom. The Labute approximate surface area is 100.0 Å². The average molecular weight is 253 g/mol. The van der Waals surface area contributed by atoms with Crippen LogP contribution in [0.1, 0.15) is 0 Å². The first kappa shape index (κ1) is 9.75. The molecule has 0 amide bonds. The SMILES string of the molecule is O=c1[nH]c2cc3cc(Cl)c(Cl)cc3cc2[nH]1. The van der Waals surface area contributed by atoms with Crippen LogP contribution in [0.25, 0.3) is 21.8 Å². The van der Waals surface area contributed by atoms with Gasteiger partial charge in [-0.2, -0.15) is 0 Å². The summed E-state index contributed by atoms with van der Waals surface area (Å²) in [7, 11) is 0. The Morgan fingerprint density at radius 2 is 1.25 bits per heavy atom. The van der Waals surface area contributed by atoms with Crippen molar-refractivity contribution in [1.82, 2.24) is 9.97 Å². The molecular weight excluding hydrogens is 247 g/mol. The molecule has 0 aliphatic carbocycles. The first-order valence-electron chi connectivity index (χ1n) is 4.64. The Morgan fingerprint density at radius 3 is 1.69 bits per heavy atom. The number of benzene rings is 2. The molecule has 3 nitrogen and oxygen atoms in total. The second-order valence-corrected chi connectivity index (χ2v) is 4.40. The van der Waals surface area contributed by atoms with Crippen molar-refractivity contribution in [2.45, 2.75) is 0 Å². The maximum atomic E-state index is 11.1. The summed E-state index contributed by atoms with van der Waals surface area (Å²) < 4.78 is 0. The van der Waals surface area contributed by atoms with Crippen LogP contribution in [-0.4, -0.2) is 9.97 Å². The molecule has 0 aliphatic heterocycles. The van der Waals surface area contributed by atoms with Crippen LogP contribution in [0, 0.1) is 0 Å². The number of imidazole rings is 1. The van der Waals surface area contributed by atoms with Gasteiger partial charge in [-0.05, 0) is 35.0 Å². The molecule has 5 heteroatoms. The van der Waals surface area contributed by atoms with Gasteiger partial charge in [0.15, 0.2) is 0 Å². The summed E-state index contributed by atoms with van der Waals surface area (Å²) in [6, 6.07) is 7.30. The molecule has 16 heavy (non-hydrogen) atoms. The van der Waals surface area contributed by atoms with Crippen LogP contribution >= 0.6 is 23.2 Å². The van der Waals surface area contributed by atoms with Crippen molar-refractivity contribution >= 4 is 45.0 Å². The van der Waals surface area contributed by atoms with Gasteiger partial charge in [0.2, 0.25) is 0 Å². The lowest BCUT2D eigenvalue weighted by Gasteiger charge is -2.01. The fourth-order valence-corrected chi connectivity index (χ4v) is 2.12. The van der Waals surface area contributed by atoms with E-state index in [-0.39, 0.29) is 5.69 Å². The molecule has 1 heterocycles. The fourth-order valence-electron chi connectivity index (χ4n) is 1.78. The summed E-state index contributed by atoms with van der Waals surface area (Å²) in [6.45, 7) is 0. The maximum absolute atomic E-state index is 11.1. The van der Waals surface area contributed by atoms with E-state index >= 15 is 0 Å². The molecule has 0 unspecified atom stereocenters. The number of aromatic amines is 2. The molecule has 2 aromatic carbocycles. The Kier molecular flexibility index (Phi) is 1.99. The van der Waals surface area contributed by atoms with Crippen LogP contribution in [-0.2, 0) is 0 Å². The molecule has 3 rings (SSSR count). The van der Waals surface area contributed by atoms with E-state index in [0.29, 0.717) is 10.0 Å². The molecule has 0 radical (unpaired) electrons. The summed E-state index contributed by atoms with van der Waals surface area (Å²) in [4.78, 5) is 16.5. The first-order chi connectivity index (χ1) is 7.63. The van der Waals surface area contributed by atoms with Gasteiger partial charge in [-0.3, -0.25) is 0 Å². The molecule has 0 saturated heterocycles. The highest BCUT2D eigenvalue weighted by Gasteiger charge is 2.04. The normalized spacial score (nSPS) is 11.4. The largest absolute Gasteiger partial charge is 0.323 e. The number of rotatable bonds is 0. The number of hydrogen-bond donors (Lipinski definition) is 2. The Hall–Kier alpha value is -1.45. The predicted molar refractivity (Wildman–Crippen MR) is 66.4 cm³/mol. The lowest BCUT2D eigenvalue weighted by molar-refractivity contribution is 1.22. The topological polar surface area (TPSA) is 48.6 Å². The van der Waals surface area contributed by atoms with E-state index in [4.69, 9.17) is 23.2 Å². The Bertz CT molecular complexity index is 696. The molecule has 0 atom stereocenters. The third kappa shape index (κ3) is 1.40. The van der Waals surface area contributed by atoms with E-state index in [1.807, 2.05) is 12.1 Å². The van der Waals surface area contributed by atoms with E-state index in [0.717, 1.165) is 21.8 Å². The molecular formula is C11H6Cl2N2O. The predicted octanol–water partition coefficient (Wildman–Crippen LogP) is 3.32. The first-order valence-corrected chi connectivity index (χ1v) is 5.40. The van der Waals surface area contributed by atoms with Crippen LogP contribution in [0.4, 0.5) is 0 Å². The zero-order chi connectivity index (χ0) is 11.3. The van der Waals surface area contributed by atoms with Crippen molar-refractivity contribution in [2.24, 2.45) is 0 Å². The molecule has 0 spiro atoms. The highest BCUT2D eigenvalue weighted by molar-refractivity contribution is 6.42. The van der Waals surface area contributed by atoms with Crippen molar-refractivity contribution in [2.75, 3.05) is 0 Å². The summed E-state index contributed by atoms with van der Waals surface area (Å²) >= 11 is 11.9. The fraction of sp³-hybridized carbons (Fsp3) is 0. The van der Waals surface area contributed by atoms with Crippen molar-refractivity contribution < 1.29 is 0 Å². The van der Waals surface area contributed by atoms with E-state index in [1.54, 1.807) is 12.1 Å². The van der Waals surface area contributed by atoms with Gasteiger partial charge >= 0.3 is 5.69 Å². The van der Waals surface area contributed by atoms with Gasteiger partial charge in [0.1, 0.15) is 0 Å². The third-order valence-corrected chi connectivity index (χ3v) is 3.23. The molecule has 0 aliphatic rings. The third-order valence-electron chi connectivity index (χ3n) is 2.51. The second kappa shape index (κ2) is 3.27. The minimum atomic E-state index is -0.220. The molecule has 0 saturated carbocycles. The number of fused-ring (bicyclic) bond motifs is 2. The number of nitrogens with one attached hydrogen (secondary N) is 2. The van der Waals surface area contributed by atoms with Crippen molar-refractivity contribution in [3.8, 4) is 0 Å². The van der Waals surface area contributed by atoms with Gasteiger partial charge in [0, 0.05) is 0 Å². The maximum Gasteiger partial charge on any atom is 0.323 e. The van der Waals surface area contributed by atoms with Crippen LogP contribution in [0.5, 0.6) is 0 Å². The number of H-pyrrole nitrogens is 2. The molecule has 0 fully saturated rings. The van der Waals surface area contributed by atoms with Gasteiger partial charge in [0.05, 0.1) is 21.1 Å². The van der Waals surface area contributed by atoms with E-state index in [2.05, 4.69) is 9.97 Å². The molecule has 80 valence electrons. The van der Waals surface area contributed by atoms with E-state index in [1.165, 1.54) is 0 Å². The van der Waals surface area contributed by atoms with E-state index in [9.17, 15) is 4.79 Å². The Balaban J connectivity index is 2.50. The van der Waals surface area contributed by atoms with Crippen molar-refractivity contribution in [1.29, 1.82) is 0 Å². The monoisotopic (exact) mass is 252 g/mol. The van der Waals surface area contributed by atoms with Gasteiger partial charge in [-0.25, -0.2) is 4.79 Å². The summed E-state index contributed by atoms with van der Waals surface area (Å²) in [5.41, 5.74) is 1.30. The smallest absolute Gasteiger partial charge is 0.306 e. The van der Waals surface area contributed by atoms with Crippen molar-refractivity contribution in [3.05, 3.63) is 44.8 Å². The average Bonchev–Trinajstić information content (AvgIpc) is 2.56. The minimum Gasteiger partial charge on any atom is -0.306 e. The highest BCUT2D eigenvalue weighted by Crippen LogP contribution is 2.29. The highest BCUT2D eigenvalue weighted by atomic mass is 35.5. The van der Waals surface area contributed by atoms with E-state index < -0.39 is 0 Å². The second-order valence-electron chi connectivity index (χ2n) is 3.59. The van der Waals surface area contributed by atoms with Gasteiger partial charge in [-0.1, -0.05) is 23.2 Å². The zero-order valence-corrected chi connectivity index (χ0v) is 9.49. The van der Waals surface area contributed by atoms with Crippen molar-refractivity contribution in [3.63, 3.8) is 0 Å². The van der Waals surface area contributed by atoms with Gasteiger partial charge < -0.3 is 9.97 Å². The zero-order valence-electron chi connectivity index (χ0n) is 7.97. The summed E-state index contributed by atoms with van der Waals surface area (Å²) in [5.74, 6) is 0. The minimum absolute atomic E-state index is 0.220. The summed E-state index contributed by atoms with van der Waals surface area (Å²) in [6.07, 6.45) is 0. The molecule has 0 bridgehead atoms. The number of aromatic nitrogens is 2. The number of hydrogen-bond acceptors (Lipinski definition) is 1. The van der Waals surface area contributed by atoms with Crippen LogP contribution in [0.3, 0.4) is 0 Å². The molecule has 3 aromatic rings. The van der Waals surface area contributed by atoms with Gasteiger partial charge in [0.25, 0.3) is 0 Å². The number of halogens is 2. The lowest BCUT2D eigenvalue weighted by atomic mass is 10.1. The van der Waals surface area contributed by atoms with Crippen LogP contribution in [0.15, 0.2) is 29.1 Å². The summed E-state index contributed by atoms with van der Waals surface area (Å²) in [5, 5.41) is 2.90. The van der Waals surface area contributed by atoms with Gasteiger partial charge in [-0.15, -0.1) is 0 Å². The van der Waals surface area contributed by atoms with Crippen LogP contribution < -0.4 is 5.69 Å². The molecule has 2 N–H and O–H groups in total.